The van der Waals surface area contributed by atoms with Crippen LogP contribution in [0.5, 0.6) is 0 Å². The highest BCUT2D eigenvalue weighted by Gasteiger charge is 2.40. The topological polar surface area (TPSA) is 117 Å². The molecule has 0 saturated heterocycles. The monoisotopic (exact) mass is 341 g/mol. The van der Waals surface area contributed by atoms with Crippen LogP contribution in [0.3, 0.4) is 0 Å². The minimum absolute atomic E-state index is 0.000747. The number of sulfonamides is 1. The van der Waals surface area contributed by atoms with Crippen molar-refractivity contribution in [2.75, 3.05) is 13.6 Å². The van der Waals surface area contributed by atoms with Crippen LogP contribution in [0, 0.1) is 0 Å². The lowest BCUT2D eigenvalue weighted by Crippen LogP contribution is -2.56. The number of likely N-dealkylation sites (N-methyl/N-ethyl adjacent to an activating group) is 1. The largest absolute Gasteiger partial charge is 0.481 e. The summed E-state index contributed by atoms with van der Waals surface area (Å²) in [5.74, 6) is -1.50. The lowest BCUT2D eigenvalue weighted by atomic mass is 9.74. The van der Waals surface area contributed by atoms with Crippen molar-refractivity contribution >= 4 is 21.9 Å². The van der Waals surface area contributed by atoms with Crippen LogP contribution in [-0.2, 0) is 19.6 Å². The van der Waals surface area contributed by atoms with E-state index in [-0.39, 0.29) is 17.9 Å². The molecule has 9 heteroatoms. The van der Waals surface area contributed by atoms with Crippen molar-refractivity contribution in [2.45, 2.75) is 36.1 Å². The fourth-order valence-electron chi connectivity index (χ4n) is 2.54. The summed E-state index contributed by atoms with van der Waals surface area (Å²) in [6, 6.07) is 2.89. The summed E-state index contributed by atoms with van der Waals surface area (Å²) in [5, 5.41) is 11.6. The first kappa shape index (κ1) is 17.4. The van der Waals surface area contributed by atoms with Crippen LogP contribution in [0.2, 0.25) is 0 Å². The molecule has 0 aromatic carbocycles. The van der Waals surface area contributed by atoms with E-state index in [1.807, 2.05) is 0 Å². The van der Waals surface area contributed by atoms with Crippen molar-refractivity contribution < 1.29 is 23.1 Å². The molecule has 1 amide bonds. The van der Waals surface area contributed by atoms with Crippen LogP contribution in [0.4, 0.5) is 0 Å². The maximum absolute atomic E-state index is 12.3. The summed E-state index contributed by atoms with van der Waals surface area (Å²) < 4.78 is 25.5. The highest BCUT2D eigenvalue weighted by Crippen LogP contribution is 2.34. The molecule has 8 nitrogen and oxygen atoms in total. The molecule has 1 fully saturated rings. The van der Waals surface area contributed by atoms with Gasteiger partial charge in [-0.15, -0.1) is 0 Å². The third-order valence-corrected chi connectivity index (χ3v) is 5.70. The molecule has 1 heterocycles. The SMILES string of the molecule is CN(CC(=O)NC1(CC(=O)O)CCC1)S(=O)(=O)c1cccnc1. The number of carboxylic acid groups (broad SMARTS) is 1. The van der Waals surface area contributed by atoms with Gasteiger partial charge in [0.05, 0.1) is 18.5 Å². The summed E-state index contributed by atoms with van der Waals surface area (Å²) in [7, 11) is -2.51. The number of nitrogens with zero attached hydrogens (tertiary/aromatic N) is 2. The predicted octanol–water partition coefficient (Wildman–Crippen LogP) is 0.216. The molecule has 1 aromatic rings. The lowest BCUT2D eigenvalue weighted by Gasteiger charge is -2.41. The normalized spacial score (nSPS) is 16.6. The van der Waals surface area contributed by atoms with E-state index in [1.165, 1.54) is 31.6 Å². The van der Waals surface area contributed by atoms with Crippen molar-refractivity contribution in [3.8, 4) is 0 Å². The Bertz CT molecular complexity index is 686. The number of carbonyl (C=O) groups is 2. The molecule has 0 radical (unpaired) electrons. The Balaban J connectivity index is 2.01. The maximum atomic E-state index is 12.3. The fourth-order valence-corrected chi connectivity index (χ4v) is 3.63. The van der Waals surface area contributed by atoms with Gasteiger partial charge in [0.25, 0.3) is 0 Å². The molecule has 126 valence electrons. The minimum Gasteiger partial charge on any atom is -0.481 e. The van der Waals surface area contributed by atoms with Crippen LogP contribution in [0.15, 0.2) is 29.4 Å². The molecular formula is C14H19N3O5S. The van der Waals surface area contributed by atoms with Gasteiger partial charge in [-0.25, -0.2) is 8.42 Å². The second kappa shape index (κ2) is 6.63. The van der Waals surface area contributed by atoms with Gasteiger partial charge < -0.3 is 10.4 Å². The highest BCUT2D eigenvalue weighted by molar-refractivity contribution is 7.89. The molecule has 1 aliphatic carbocycles. The Morgan fingerprint density at radius 2 is 2.13 bits per heavy atom. The molecule has 0 aliphatic heterocycles. The highest BCUT2D eigenvalue weighted by atomic mass is 32.2. The number of amides is 1. The number of rotatable bonds is 7. The number of pyridine rings is 1. The molecule has 0 unspecified atom stereocenters. The van der Waals surface area contributed by atoms with Crippen molar-refractivity contribution in [3.63, 3.8) is 0 Å². The van der Waals surface area contributed by atoms with E-state index in [2.05, 4.69) is 10.3 Å². The van der Waals surface area contributed by atoms with Crippen molar-refractivity contribution in [3.05, 3.63) is 24.5 Å². The van der Waals surface area contributed by atoms with Gasteiger partial charge in [-0.3, -0.25) is 14.6 Å². The van der Waals surface area contributed by atoms with E-state index in [9.17, 15) is 18.0 Å². The van der Waals surface area contributed by atoms with Crippen LogP contribution in [0.25, 0.3) is 0 Å². The van der Waals surface area contributed by atoms with Gasteiger partial charge in [-0.1, -0.05) is 0 Å². The first-order chi connectivity index (χ1) is 10.8. The summed E-state index contributed by atoms with van der Waals surface area (Å²) in [6.07, 6.45) is 4.53. The number of hydrogen-bond donors (Lipinski definition) is 2. The van der Waals surface area contributed by atoms with E-state index < -0.39 is 27.4 Å². The summed E-state index contributed by atoms with van der Waals surface area (Å²) in [5.41, 5.74) is -0.748. The van der Waals surface area contributed by atoms with E-state index in [4.69, 9.17) is 5.11 Å². The molecule has 2 N–H and O–H groups in total. The number of aliphatic carboxylic acids is 1. The molecule has 23 heavy (non-hydrogen) atoms. The van der Waals surface area contributed by atoms with E-state index in [0.29, 0.717) is 12.8 Å². The average molecular weight is 341 g/mol. The van der Waals surface area contributed by atoms with E-state index >= 15 is 0 Å². The zero-order valence-electron chi connectivity index (χ0n) is 12.7. The Hall–Kier alpha value is -2.00. The van der Waals surface area contributed by atoms with Gasteiger partial charge in [0.1, 0.15) is 4.90 Å². The second-order valence-electron chi connectivity index (χ2n) is 5.70. The zero-order valence-corrected chi connectivity index (χ0v) is 13.5. The van der Waals surface area contributed by atoms with Crippen LogP contribution >= 0.6 is 0 Å². The molecule has 1 saturated carbocycles. The quantitative estimate of drug-likeness (QED) is 0.732. The van der Waals surface area contributed by atoms with Crippen LogP contribution in [0.1, 0.15) is 25.7 Å². The smallest absolute Gasteiger partial charge is 0.305 e. The first-order valence-electron chi connectivity index (χ1n) is 7.14. The molecular weight excluding hydrogens is 322 g/mol. The van der Waals surface area contributed by atoms with Crippen molar-refractivity contribution in [2.24, 2.45) is 0 Å². The minimum atomic E-state index is -3.81. The number of nitrogens with one attached hydrogen (secondary N) is 1. The standard InChI is InChI=1S/C14H19N3O5S/c1-17(23(21,22)11-4-2-7-15-9-11)10-12(18)16-14(5-3-6-14)8-13(19)20/h2,4,7,9H,3,5-6,8,10H2,1H3,(H,16,18)(H,19,20). The van der Waals surface area contributed by atoms with Gasteiger partial charge in [0, 0.05) is 19.4 Å². The molecule has 1 aromatic heterocycles. The number of carbonyl (C=O) groups excluding carboxylic acids is 1. The van der Waals surface area contributed by atoms with Crippen LogP contribution < -0.4 is 5.32 Å². The molecule has 0 bridgehead atoms. The third-order valence-electron chi connectivity index (χ3n) is 3.91. The van der Waals surface area contributed by atoms with Gasteiger partial charge >= 0.3 is 5.97 Å². The number of hydrogen-bond acceptors (Lipinski definition) is 5. The first-order valence-corrected chi connectivity index (χ1v) is 8.58. The number of carboxylic acids is 1. The Labute approximate surface area is 134 Å². The molecule has 2 rings (SSSR count). The lowest BCUT2D eigenvalue weighted by molar-refractivity contribution is -0.140. The zero-order chi connectivity index (χ0) is 17.1. The van der Waals surface area contributed by atoms with Crippen molar-refractivity contribution in [1.29, 1.82) is 0 Å². The van der Waals surface area contributed by atoms with Gasteiger partial charge in [0.2, 0.25) is 15.9 Å². The summed E-state index contributed by atoms with van der Waals surface area (Å²) in [4.78, 5) is 26.7. The Kier molecular flexibility index (Phi) is 5.00. The van der Waals surface area contributed by atoms with E-state index in [0.717, 1.165) is 10.7 Å². The maximum Gasteiger partial charge on any atom is 0.305 e. The van der Waals surface area contributed by atoms with Gasteiger partial charge in [-0.05, 0) is 31.4 Å². The summed E-state index contributed by atoms with van der Waals surface area (Å²) >= 11 is 0. The van der Waals surface area contributed by atoms with E-state index in [1.54, 1.807) is 0 Å². The molecule has 1 aliphatic rings. The van der Waals surface area contributed by atoms with Crippen LogP contribution in [-0.4, -0.2) is 53.8 Å². The fraction of sp³-hybridized carbons (Fsp3) is 0.500. The predicted molar refractivity (Wildman–Crippen MR) is 81.0 cm³/mol. The number of aromatic nitrogens is 1. The van der Waals surface area contributed by atoms with Gasteiger partial charge in [-0.2, -0.15) is 4.31 Å². The molecule has 0 spiro atoms. The third kappa shape index (κ3) is 4.05. The Morgan fingerprint density at radius 1 is 1.43 bits per heavy atom. The van der Waals surface area contributed by atoms with Gasteiger partial charge in [0.15, 0.2) is 0 Å². The Morgan fingerprint density at radius 3 is 2.61 bits per heavy atom. The molecule has 0 atom stereocenters. The summed E-state index contributed by atoms with van der Waals surface area (Å²) in [6.45, 7) is -0.376. The van der Waals surface area contributed by atoms with Crippen molar-refractivity contribution in [1.82, 2.24) is 14.6 Å². The second-order valence-corrected chi connectivity index (χ2v) is 7.75. The average Bonchev–Trinajstić information content (AvgIpc) is 2.45.